The Labute approximate surface area is 118 Å². The van der Waals surface area contributed by atoms with Crippen LogP contribution in [0.3, 0.4) is 0 Å². The van der Waals surface area contributed by atoms with Crippen molar-refractivity contribution in [3.63, 3.8) is 0 Å². The molecule has 3 nitrogen and oxygen atoms in total. The number of furan rings is 1. The van der Waals surface area contributed by atoms with Crippen LogP contribution in [0.4, 0.5) is 13.2 Å². The summed E-state index contributed by atoms with van der Waals surface area (Å²) < 4.78 is 48.3. The quantitative estimate of drug-likeness (QED) is 0.878. The highest BCUT2D eigenvalue weighted by Gasteiger charge is 2.31. The summed E-state index contributed by atoms with van der Waals surface area (Å²) >= 11 is 4.75. The van der Waals surface area contributed by atoms with Crippen molar-refractivity contribution in [3.8, 4) is 5.75 Å². The minimum atomic E-state index is -4.46. The molecule has 20 heavy (non-hydrogen) atoms. The van der Waals surface area contributed by atoms with E-state index in [0.29, 0.717) is 5.76 Å². The summed E-state index contributed by atoms with van der Waals surface area (Å²) in [5.41, 5.74) is 4.65. The third-order valence-electron chi connectivity index (χ3n) is 2.52. The van der Waals surface area contributed by atoms with E-state index in [4.69, 9.17) is 27.1 Å². The number of benzene rings is 1. The first-order valence-corrected chi connectivity index (χ1v) is 5.95. The van der Waals surface area contributed by atoms with Crippen LogP contribution in [-0.2, 0) is 12.8 Å². The van der Waals surface area contributed by atoms with E-state index in [0.717, 1.165) is 12.1 Å². The number of hydrogen-bond donors (Lipinski definition) is 1. The van der Waals surface area contributed by atoms with Crippen molar-refractivity contribution >= 4 is 17.2 Å². The van der Waals surface area contributed by atoms with E-state index >= 15 is 0 Å². The molecule has 7 heteroatoms. The van der Waals surface area contributed by atoms with E-state index < -0.39 is 11.7 Å². The summed E-state index contributed by atoms with van der Waals surface area (Å²) in [6, 6.07) is 6.35. The lowest BCUT2D eigenvalue weighted by Gasteiger charge is -2.13. The Morgan fingerprint density at radius 3 is 2.60 bits per heavy atom. The second-order valence-corrected chi connectivity index (χ2v) is 4.38. The summed E-state index contributed by atoms with van der Waals surface area (Å²) in [5, 5.41) is 0. The lowest BCUT2D eigenvalue weighted by atomic mass is 10.1. The molecule has 0 radical (unpaired) electrons. The number of halogens is 3. The van der Waals surface area contributed by atoms with Crippen LogP contribution in [0.15, 0.2) is 41.0 Å². The average molecular weight is 301 g/mol. The first-order chi connectivity index (χ1) is 9.38. The normalized spacial score (nSPS) is 11.3. The van der Waals surface area contributed by atoms with Crippen LogP contribution in [0.1, 0.15) is 16.9 Å². The van der Waals surface area contributed by atoms with Gasteiger partial charge in [0.15, 0.2) is 0 Å². The Kier molecular flexibility index (Phi) is 3.99. The molecule has 0 bridgehead atoms. The van der Waals surface area contributed by atoms with Crippen molar-refractivity contribution < 1.29 is 22.3 Å². The Balaban J connectivity index is 2.26. The maximum absolute atomic E-state index is 12.6. The van der Waals surface area contributed by atoms with Gasteiger partial charge in [0, 0.05) is 0 Å². The number of thiocarbonyl (C=S) groups is 1. The lowest BCUT2D eigenvalue weighted by molar-refractivity contribution is -0.137. The molecular formula is C13H10F3NO2S. The molecule has 1 aromatic heterocycles. The Morgan fingerprint density at radius 2 is 2.05 bits per heavy atom. The maximum Gasteiger partial charge on any atom is 0.416 e. The molecule has 0 aliphatic carbocycles. The van der Waals surface area contributed by atoms with Crippen molar-refractivity contribution in [3.05, 3.63) is 53.5 Å². The standard InChI is InChI=1S/C13H10F3NO2S/c14-13(15,16)8-3-4-11(10(6-8)12(17)20)19-7-9-2-1-5-18-9/h1-6H,7H2,(H2,17,20). The van der Waals surface area contributed by atoms with Crippen LogP contribution in [-0.4, -0.2) is 4.99 Å². The minimum absolute atomic E-state index is 0.0429. The van der Waals surface area contributed by atoms with Gasteiger partial charge < -0.3 is 14.9 Å². The molecule has 0 amide bonds. The zero-order chi connectivity index (χ0) is 14.8. The second kappa shape index (κ2) is 5.54. The van der Waals surface area contributed by atoms with E-state index in [9.17, 15) is 13.2 Å². The van der Waals surface area contributed by atoms with Gasteiger partial charge >= 0.3 is 6.18 Å². The fraction of sp³-hybridized carbons (Fsp3) is 0.154. The van der Waals surface area contributed by atoms with Gasteiger partial charge in [-0.1, -0.05) is 12.2 Å². The van der Waals surface area contributed by atoms with Gasteiger partial charge in [0.25, 0.3) is 0 Å². The minimum Gasteiger partial charge on any atom is -0.485 e. The Bertz CT molecular complexity index is 609. The first-order valence-electron chi connectivity index (χ1n) is 5.54. The molecule has 1 aromatic carbocycles. The summed E-state index contributed by atoms with van der Waals surface area (Å²) in [5.74, 6) is 0.723. The van der Waals surface area contributed by atoms with E-state index in [2.05, 4.69) is 0 Å². The van der Waals surface area contributed by atoms with Crippen LogP contribution >= 0.6 is 12.2 Å². The van der Waals surface area contributed by atoms with E-state index in [-0.39, 0.29) is 22.9 Å². The molecule has 0 saturated carbocycles. The molecule has 106 valence electrons. The number of hydrogen-bond acceptors (Lipinski definition) is 3. The number of nitrogens with two attached hydrogens (primary N) is 1. The van der Waals surface area contributed by atoms with Gasteiger partial charge in [-0.15, -0.1) is 0 Å². The van der Waals surface area contributed by atoms with E-state index in [1.165, 1.54) is 12.3 Å². The summed E-state index contributed by atoms with van der Waals surface area (Å²) in [6.07, 6.45) is -2.99. The maximum atomic E-state index is 12.6. The highest BCUT2D eigenvalue weighted by atomic mass is 32.1. The monoisotopic (exact) mass is 301 g/mol. The molecule has 0 aliphatic heterocycles. The third-order valence-corrected chi connectivity index (χ3v) is 2.74. The van der Waals surface area contributed by atoms with E-state index in [1.54, 1.807) is 12.1 Å². The van der Waals surface area contributed by atoms with Gasteiger partial charge in [-0.2, -0.15) is 13.2 Å². The summed E-state index contributed by atoms with van der Waals surface area (Å²) in [4.78, 5) is -0.162. The molecule has 2 aromatic rings. The molecular weight excluding hydrogens is 291 g/mol. The van der Waals surface area contributed by atoms with Crippen LogP contribution in [0.25, 0.3) is 0 Å². The average Bonchev–Trinajstić information content (AvgIpc) is 2.88. The summed E-state index contributed by atoms with van der Waals surface area (Å²) in [6.45, 7) is 0.0774. The van der Waals surface area contributed by atoms with Crippen molar-refractivity contribution in [2.24, 2.45) is 5.73 Å². The SMILES string of the molecule is NC(=S)c1cc(C(F)(F)F)ccc1OCc1ccco1. The van der Waals surface area contributed by atoms with Gasteiger partial charge in [-0.05, 0) is 30.3 Å². The molecule has 0 fully saturated rings. The van der Waals surface area contributed by atoms with E-state index in [1.807, 2.05) is 0 Å². The van der Waals surface area contributed by atoms with Crippen molar-refractivity contribution in [2.75, 3.05) is 0 Å². The van der Waals surface area contributed by atoms with Gasteiger partial charge in [-0.3, -0.25) is 0 Å². The van der Waals surface area contributed by atoms with Crippen LogP contribution in [0, 0.1) is 0 Å². The smallest absolute Gasteiger partial charge is 0.416 e. The largest absolute Gasteiger partial charge is 0.485 e. The fourth-order valence-electron chi connectivity index (χ4n) is 1.57. The first kappa shape index (κ1) is 14.4. The molecule has 0 unspecified atom stereocenters. The third kappa shape index (κ3) is 3.30. The van der Waals surface area contributed by atoms with Crippen molar-refractivity contribution in [1.82, 2.24) is 0 Å². The zero-order valence-electron chi connectivity index (χ0n) is 10.1. The molecule has 0 saturated heterocycles. The van der Waals surface area contributed by atoms with Crippen LogP contribution < -0.4 is 10.5 Å². The zero-order valence-corrected chi connectivity index (χ0v) is 10.9. The molecule has 0 atom stereocenters. The predicted molar refractivity (Wildman–Crippen MR) is 70.4 cm³/mol. The molecule has 1 heterocycles. The highest BCUT2D eigenvalue weighted by Crippen LogP contribution is 2.32. The number of alkyl halides is 3. The Morgan fingerprint density at radius 1 is 1.30 bits per heavy atom. The molecule has 0 spiro atoms. The molecule has 2 N–H and O–H groups in total. The lowest BCUT2D eigenvalue weighted by Crippen LogP contribution is -2.14. The molecule has 2 rings (SSSR count). The highest BCUT2D eigenvalue weighted by molar-refractivity contribution is 7.80. The predicted octanol–water partition coefficient (Wildman–Crippen LogP) is 3.51. The Hall–Kier alpha value is -2.02. The van der Waals surface area contributed by atoms with Gasteiger partial charge in [-0.25, -0.2) is 0 Å². The second-order valence-electron chi connectivity index (χ2n) is 3.94. The summed E-state index contributed by atoms with van der Waals surface area (Å²) in [7, 11) is 0. The van der Waals surface area contributed by atoms with Crippen LogP contribution in [0.2, 0.25) is 0 Å². The van der Waals surface area contributed by atoms with Crippen LogP contribution in [0.5, 0.6) is 5.75 Å². The van der Waals surface area contributed by atoms with Crippen molar-refractivity contribution in [2.45, 2.75) is 12.8 Å². The number of ether oxygens (including phenoxy) is 1. The van der Waals surface area contributed by atoms with Gasteiger partial charge in [0.1, 0.15) is 23.1 Å². The van der Waals surface area contributed by atoms with Gasteiger partial charge in [0.2, 0.25) is 0 Å². The van der Waals surface area contributed by atoms with Crippen molar-refractivity contribution in [1.29, 1.82) is 0 Å². The fourth-order valence-corrected chi connectivity index (χ4v) is 1.73. The topological polar surface area (TPSA) is 48.4 Å². The van der Waals surface area contributed by atoms with Gasteiger partial charge in [0.05, 0.1) is 17.4 Å². The number of rotatable bonds is 4. The molecule has 0 aliphatic rings.